The van der Waals surface area contributed by atoms with Crippen LogP contribution in [0.1, 0.15) is 5.56 Å². The lowest BCUT2D eigenvalue weighted by Gasteiger charge is -2.10. The summed E-state index contributed by atoms with van der Waals surface area (Å²) in [5, 5.41) is 14.6. The number of nitrogens with zero attached hydrogens (tertiary/aromatic N) is 4. The Morgan fingerprint density at radius 2 is 1.85 bits per heavy atom. The van der Waals surface area contributed by atoms with Gasteiger partial charge in [-0.25, -0.2) is 9.59 Å². The van der Waals surface area contributed by atoms with Crippen molar-refractivity contribution in [3.63, 3.8) is 0 Å². The number of carbonyl (C=O) groups is 1. The number of imidazole rings is 1. The summed E-state index contributed by atoms with van der Waals surface area (Å²) in [7, 11) is 2.85. The number of aliphatic hydroxyl groups excluding tert-OH is 1. The van der Waals surface area contributed by atoms with Gasteiger partial charge in [0.15, 0.2) is 11.2 Å². The van der Waals surface area contributed by atoms with Gasteiger partial charge in [-0.3, -0.25) is 19.2 Å². The molecule has 0 radical (unpaired) electrons. The van der Waals surface area contributed by atoms with Gasteiger partial charge in [0.2, 0.25) is 5.95 Å². The second-order valence-electron chi connectivity index (χ2n) is 5.98. The van der Waals surface area contributed by atoms with Crippen LogP contribution in [0, 0.1) is 0 Å². The van der Waals surface area contributed by atoms with E-state index in [0.717, 1.165) is 10.1 Å². The Balaban J connectivity index is 1.94. The van der Waals surface area contributed by atoms with Crippen molar-refractivity contribution in [3.05, 3.63) is 56.7 Å². The van der Waals surface area contributed by atoms with Crippen LogP contribution in [0.15, 0.2) is 39.9 Å². The van der Waals surface area contributed by atoms with Crippen molar-refractivity contribution in [3.8, 4) is 0 Å². The molecule has 0 aliphatic rings. The molecular formula is C17H20N6O4. The van der Waals surface area contributed by atoms with Gasteiger partial charge in [0.25, 0.3) is 5.56 Å². The van der Waals surface area contributed by atoms with Crippen LogP contribution >= 0.6 is 0 Å². The zero-order valence-corrected chi connectivity index (χ0v) is 15.0. The normalized spacial score (nSPS) is 10.9. The Morgan fingerprint density at radius 1 is 1.15 bits per heavy atom. The first-order valence-electron chi connectivity index (χ1n) is 8.30. The first-order valence-corrected chi connectivity index (χ1v) is 8.30. The van der Waals surface area contributed by atoms with Crippen LogP contribution in [-0.2, 0) is 27.2 Å². The van der Waals surface area contributed by atoms with E-state index in [9.17, 15) is 19.5 Å². The van der Waals surface area contributed by atoms with Gasteiger partial charge < -0.3 is 15.0 Å². The van der Waals surface area contributed by atoms with Crippen molar-refractivity contribution in [1.29, 1.82) is 0 Å². The van der Waals surface area contributed by atoms with E-state index >= 15 is 0 Å². The standard InChI is InChI=1S/C17H20N6O4/c1-21-13-12(14(25)22(2)17(21)27)23(8-9-24)15(19-13)20-16(26)18-10-11-6-4-3-5-7-11/h3-7,24H,8-10H2,1-2H3,(H2,18,19,20,26). The van der Waals surface area contributed by atoms with Gasteiger partial charge >= 0.3 is 11.7 Å². The number of nitrogens with one attached hydrogen (secondary N) is 2. The van der Waals surface area contributed by atoms with Crippen molar-refractivity contribution < 1.29 is 9.90 Å². The monoisotopic (exact) mass is 372 g/mol. The molecule has 27 heavy (non-hydrogen) atoms. The molecule has 0 atom stereocenters. The molecule has 0 fully saturated rings. The van der Waals surface area contributed by atoms with Crippen molar-refractivity contribution >= 4 is 23.1 Å². The number of aryl methyl sites for hydroxylation is 1. The van der Waals surface area contributed by atoms with Gasteiger partial charge in [-0.2, -0.15) is 4.98 Å². The molecule has 142 valence electrons. The molecule has 0 saturated heterocycles. The molecule has 3 rings (SSSR count). The summed E-state index contributed by atoms with van der Waals surface area (Å²) in [5.41, 5.74) is 0.114. The molecule has 2 amide bonds. The number of hydrogen-bond donors (Lipinski definition) is 3. The minimum Gasteiger partial charge on any atom is -0.395 e. The Bertz CT molecular complexity index is 1100. The second-order valence-corrected chi connectivity index (χ2v) is 5.98. The highest BCUT2D eigenvalue weighted by Gasteiger charge is 2.20. The summed E-state index contributed by atoms with van der Waals surface area (Å²) in [6.45, 7) is 0.0865. The summed E-state index contributed by atoms with van der Waals surface area (Å²) in [6.07, 6.45) is 0. The molecule has 0 bridgehead atoms. The van der Waals surface area contributed by atoms with E-state index in [1.54, 1.807) is 0 Å². The number of anilines is 1. The fourth-order valence-corrected chi connectivity index (χ4v) is 2.78. The predicted octanol–water partition coefficient (Wildman–Crippen LogP) is -0.252. The van der Waals surface area contributed by atoms with Crippen LogP contribution in [0.25, 0.3) is 11.2 Å². The van der Waals surface area contributed by atoms with E-state index in [4.69, 9.17) is 0 Å². The maximum absolute atomic E-state index is 12.5. The molecule has 0 unspecified atom stereocenters. The van der Waals surface area contributed by atoms with Gasteiger partial charge in [-0.1, -0.05) is 30.3 Å². The Labute approximate surface area is 153 Å². The van der Waals surface area contributed by atoms with Crippen LogP contribution in [0.4, 0.5) is 10.7 Å². The number of urea groups is 1. The third-order valence-corrected chi connectivity index (χ3v) is 4.19. The van der Waals surface area contributed by atoms with Crippen molar-refractivity contribution in [1.82, 2.24) is 24.0 Å². The number of aliphatic hydroxyl groups is 1. The number of fused-ring (bicyclic) bond motifs is 1. The summed E-state index contributed by atoms with van der Waals surface area (Å²) < 4.78 is 3.56. The summed E-state index contributed by atoms with van der Waals surface area (Å²) in [5.74, 6) is 0.0721. The van der Waals surface area contributed by atoms with Gasteiger partial charge in [0, 0.05) is 27.2 Å². The van der Waals surface area contributed by atoms with Gasteiger partial charge in [-0.05, 0) is 5.56 Å². The van der Waals surface area contributed by atoms with E-state index in [0.29, 0.717) is 6.54 Å². The smallest absolute Gasteiger partial charge is 0.332 e. The fraction of sp³-hybridized carbons (Fsp3) is 0.294. The lowest BCUT2D eigenvalue weighted by molar-refractivity contribution is 0.251. The van der Waals surface area contributed by atoms with E-state index in [-0.39, 0.29) is 30.3 Å². The highest BCUT2D eigenvalue weighted by atomic mass is 16.3. The molecule has 3 aromatic rings. The third kappa shape index (κ3) is 3.47. The summed E-state index contributed by atoms with van der Waals surface area (Å²) in [4.78, 5) is 41.0. The lowest BCUT2D eigenvalue weighted by atomic mass is 10.2. The third-order valence-electron chi connectivity index (χ3n) is 4.19. The second kappa shape index (κ2) is 7.46. The summed E-state index contributed by atoms with van der Waals surface area (Å²) in [6, 6.07) is 8.85. The topological polar surface area (TPSA) is 123 Å². The van der Waals surface area contributed by atoms with Crippen molar-refractivity contribution in [2.75, 3.05) is 11.9 Å². The number of rotatable bonds is 5. The molecule has 0 spiro atoms. The van der Waals surface area contributed by atoms with Crippen LogP contribution in [0.3, 0.4) is 0 Å². The van der Waals surface area contributed by atoms with Crippen LogP contribution in [0.2, 0.25) is 0 Å². The highest BCUT2D eigenvalue weighted by molar-refractivity contribution is 5.89. The Kier molecular flexibility index (Phi) is 5.08. The number of carbonyl (C=O) groups excluding carboxylic acids is 1. The lowest BCUT2D eigenvalue weighted by Crippen LogP contribution is -2.37. The molecule has 0 saturated carbocycles. The van der Waals surface area contributed by atoms with Crippen molar-refractivity contribution in [2.45, 2.75) is 13.1 Å². The van der Waals surface area contributed by atoms with Gasteiger partial charge in [0.1, 0.15) is 0 Å². The molecule has 3 N–H and O–H groups in total. The predicted molar refractivity (Wildman–Crippen MR) is 99.6 cm³/mol. The molecule has 0 aliphatic carbocycles. The van der Waals surface area contributed by atoms with Crippen molar-refractivity contribution in [2.24, 2.45) is 14.1 Å². The quantitative estimate of drug-likeness (QED) is 0.570. The number of benzene rings is 1. The highest BCUT2D eigenvalue weighted by Crippen LogP contribution is 2.15. The van der Waals surface area contributed by atoms with Gasteiger partial charge in [0.05, 0.1) is 6.61 Å². The average Bonchev–Trinajstić information content (AvgIpc) is 3.02. The Morgan fingerprint density at radius 3 is 2.52 bits per heavy atom. The van der Waals surface area contributed by atoms with Crippen LogP contribution in [0.5, 0.6) is 0 Å². The van der Waals surface area contributed by atoms with E-state index in [2.05, 4.69) is 15.6 Å². The summed E-state index contributed by atoms with van der Waals surface area (Å²) >= 11 is 0. The van der Waals surface area contributed by atoms with E-state index in [1.807, 2.05) is 30.3 Å². The van der Waals surface area contributed by atoms with E-state index in [1.165, 1.54) is 23.2 Å². The zero-order chi connectivity index (χ0) is 19.6. The van der Waals surface area contributed by atoms with Gasteiger partial charge in [-0.15, -0.1) is 0 Å². The molecule has 10 nitrogen and oxygen atoms in total. The molecular weight excluding hydrogens is 352 g/mol. The maximum Gasteiger partial charge on any atom is 0.332 e. The zero-order valence-electron chi connectivity index (χ0n) is 15.0. The largest absolute Gasteiger partial charge is 0.395 e. The fourth-order valence-electron chi connectivity index (χ4n) is 2.78. The number of amides is 2. The first kappa shape index (κ1) is 18.4. The van der Waals surface area contributed by atoms with E-state index < -0.39 is 17.3 Å². The number of hydrogen-bond acceptors (Lipinski definition) is 5. The molecule has 2 heterocycles. The maximum atomic E-state index is 12.5. The SMILES string of the molecule is Cn1c(=O)c2c(nc(NC(=O)NCc3ccccc3)n2CCO)n(C)c1=O. The first-order chi connectivity index (χ1) is 12.9. The molecule has 10 heteroatoms. The molecule has 0 aliphatic heterocycles. The minimum absolute atomic E-state index is 0.0399. The van der Waals surface area contributed by atoms with Crippen LogP contribution < -0.4 is 21.9 Å². The molecule has 2 aromatic heterocycles. The van der Waals surface area contributed by atoms with Crippen LogP contribution in [-0.4, -0.2) is 36.4 Å². The molecule has 1 aromatic carbocycles. The number of aromatic nitrogens is 4. The Hall–Kier alpha value is -3.40. The average molecular weight is 372 g/mol. The minimum atomic E-state index is -0.549.